The van der Waals surface area contributed by atoms with Gasteiger partial charge in [0, 0.05) is 16.4 Å². The van der Waals surface area contributed by atoms with Gasteiger partial charge in [-0.2, -0.15) is 0 Å². The summed E-state index contributed by atoms with van der Waals surface area (Å²) in [4.78, 5) is 23.2. The predicted octanol–water partition coefficient (Wildman–Crippen LogP) is 2.93. The van der Waals surface area contributed by atoms with E-state index in [1.165, 1.54) is 30.3 Å². The quantitative estimate of drug-likeness (QED) is 0.757. The predicted molar refractivity (Wildman–Crippen MR) is 83.8 cm³/mol. The standard InChI is InChI=1S/C14H11Cl2N3O2/c15-7-1-3-10(12(17)5-7)14(21)19-8-2-4-9(13(18)20)11(16)6-8/h1-6H,17H2,(H2,18,20)(H,19,21). The molecule has 108 valence electrons. The maximum Gasteiger partial charge on any atom is 0.257 e. The van der Waals surface area contributed by atoms with Crippen molar-refractivity contribution in [1.29, 1.82) is 0 Å². The van der Waals surface area contributed by atoms with Crippen LogP contribution in [0.5, 0.6) is 0 Å². The van der Waals surface area contributed by atoms with Crippen molar-refractivity contribution < 1.29 is 9.59 Å². The molecule has 0 bridgehead atoms. The summed E-state index contributed by atoms with van der Waals surface area (Å²) in [5.41, 5.74) is 12.0. The van der Waals surface area contributed by atoms with Gasteiger partial charge in [-0.3, -0.25) is 9.59 Å². The average molecular weight is 324 g/mol. The highest BCUT2D eigenvalue weighted by Crippen LogP contribution is 2.23. The maximum atomic E-state index is 12.1. The Morgan fingerprint density at radius 2 is 1.67 bits per heavy atom. The van der Waals surface area contributed by atoms with Crippen molar-refractivity contribution in [3.05, 3.63) is 57.6 Å². The van der Waals surface area contributed by atoms with Crippen molar-refractivity contribution in [1.82, 2.24) is 0 Å². The number of anilines is 2. The molecular formula is C14H11Cl2N3O2. The zero-order chi connectivity index (χ0) is 15.6. The van der Waals surface area contributed by atoms with E-state index in [9.17, 15) is 9.59 Å². The summed E-state index contributed by atoms with van der Waals surface area (Å²) in [5.74, 6) is -1.05. The van der Waals surface area contributed by atoms with Gasteiger partial charge in [0.1, 0.15) is 0 Å². The molecular weight excluding hydrogens is 313 g/mol. The molecule has 2 amide bonds. The van der Waals surface area contributed by atoms with Gasteiger partial charge in [-0.25, -0.2) is 0 Å². The van der Waals surface area contributed by atoms with Crippen molar-refractivity contribution in [3.63, 3.8) is 0 Å². The van der Waals surface area contributed by atoms with Crippen molar-refractivity contribution in [2.75, 3.05) is 11.1 Å². The maximum absolute atomic E-state index is 12.1. The van der Waals surface area contributed by atoms with E-state index in [0.29, 0.717) is 10.7 Å². The van der Waals surface area contributed by atoms with Crippen LogP contribution in [0.1, 0.15) is 20.7 Å². The molecule has 5 nitrogen and oxygen atoms in total. The second-order valence-corrected chi connectivity index (χ2v) is 5.09. The van der Waals surface area contributed by atoms with E-state index in [1.807, 2.05) is 0 Å². The molecule has 2 aromatic rings. The first-order valence-electron chi connectivity index (χ1n) is 5.84. The van der Waals surface area contributed by atoms with Gasteiger partial charge in [0.25, 0.3) is 5.91 Å². The number of nitrogens with one attached hydrogen (secondary N) is 1. The molecule has 0 aliphatic rings. The normalized spacial score (nSPS) is 10.2. The Morgan fingerprint density at radius 1 is 1.00 bits per heavy atom. The van der Waals surface area contributed by atoms with E-state index < -0.39 is 11.8 Å². The zero-order valence-electron chi connectivity index (χ0n) is 10.7. The number of nitrogens with two attached hydrogens (primary N) is 2. The van der Waals surface area contributed by atoms with Gasteiger partial charge in [0.15, 0.2) is 0 Å². The van der Waals surface area contributed by atoms with E-state index in [0.717, 1.165) is 0 Å². The number of hydrogen-bond acceptors (Lipinski definition) is 3. The summed E-state index contributed by atoms with van der Waals surface area (Å²) < 4.78 is 0. The molecule has 0 unspecified atom stereocenters. The van der Waals surface area contributed by atoms with E-state index in [-0.39, 0.29) is 21.8 Å². The SMILES string of the molecule is NC(=O)c1ccc(NC(=O)c2ccc(Cl)cc2N)cc1Cl. The summed E-state index contributed by atoms with van der Waals surface area (Å²) in [5, 5.41) is 3.23. The minimum atomic E-state index is -0.639. The Kier molecular flexibility index (Phi) is 4.35. The average Bonchev–Trinajstić information content (AvgIpc) is 2.37. The van der Waals surface area contributed by atoms with E-state index in [4.69, 9.17) is 34.7 Å². The number of hydrogen-bond donors (Lipinski definition) is 3. The van der Waals surface area contributed by atoms with Gasteiger partial charge >= 0.3 is 0 Å². The third-order valence-electron chi connectivity index (χ3n) is 2.75. The van der Waals surface area contributed by atoms with Crippen LogP contribution in [0.4, 0.5) is 11.4 Å². The Morgan fingerprint density at radius 3 is 2.24 bits per heavy atom. The molecule has 5 N–H and O–H groups in total. The van der Waals surface area contributed by atoms with Gasteiger partial charge in [-0.15, -0.1) is 0 Å². The lowest BCUT2D eigenvalue weighted by Gasteiger charge is -2.09. The van der Waals surface area contributed by atoms with Crippen molar-refractivity contribution in [2.45, 2.75) is 0 Å². The molecule has 2 rings (SSSR count). The molecule has 0 aliphatic carbocycles. The minimum absolute atomic E-state index is 0.157. The topological polar surface area (TPSA) is 98.2 Å². The monoisotopic (exact) mass is 323 g/mol. The van der Waals surface area contributed by atoms with Gasteiger partial charge in [-0.1, -0.05) is 23.2 Å². The van der Waals surface area contributed by atoms with Crippen molar-refractivity contribution >= 4 is 46.4 Å². The second kappa shape index (κ2) is 6.03. The number of carbonyl (C=O) groups excluding carboxylic acids is 2. The second-order valence-electron chi connectivity index (χ2n) is 4.24. The van der Waals surface area contributed by atoms with Crippen LogP contribution in [0.15, 0.2) is 36.4 Å². The van der Waals surface area contributed by atoms with Crippen LogP contribution >= 0.6 is 23.2 Å². The lowest BCUT2D eigenvalue weighted by molar-refractivity contribution is 0.0998. The Balaban J connectivity index is 2.23. The van der Waals surface area contributed by atoms with Gasteiger partial charge in [0.05, 0.1) is 16.1 Å². The zero-order valence-corrected chi connectivity index (χ0v) is 12.2. The molecule has 0 saturated carbocycles. The molecule has 0 spiro atoms. The van der Waals surface area contributed by atoms with Crippen molar-refractivity contribution in [2.24, 2.45) is 5.73 Å². The first-order valence-corrected chi connectivity index (χ1v) is 6.60. The fourth-order valence-electron chi connectivity index (χ4n) is 1.73. The minimum Gasteiger partial charge on any atom is -0.398 e. The number of halogens is 2. The third kappa shape index (κ3) is 3.45. The Bertz CT molecular complexity index is 732. The fourth-order valence-corrected chi connectivity index (χ4v) is 2.19. The first kappa shape index (κ1) is 15.2. The van der Waals surface area contributed by atoms with Crippen LogP contribution in [0.2, 0.25) is 10.0 Å². The van der Waals surface area contributed by atoms with Gasteiger partial charge in [-0.05, 0) is 36.4 Å². The van der Waals surface area contributed by atoms with E-state index in [1.54, 1.807) is 6.07 Å². The van der Waals surface area contributed by atoms with E-state index in [2.05, 4.69) is 5.32 Å². The number of rotatable bonds is 3. The smallest absolute Gasteiger partial charge is 0.257 e. The Labute approximate surface area is 130 Å². The lowest BCUT2D eigenvalue weighted by Crippen LogP contribution is -2.15. The van der Waals surface area contributed by atoms with Gasteiger partial charge in [0.2, 0.25) is 5.91 Å². The summed E-state index contributed by atoms with van der Waals surface area (Å²) in [6, 6.07) is 8.97. The molecule has 21 heavy (non-hydrogen) atoms. The lowest BCUT2D eigenvalue weighted by atomic mass is 10.1. The van der Waals surface area contributed by atoms with Crippen LogP contribution in [0, 0.1) is 0 Å². The summed E-state index contributed by atoms with van der Waals surface area (Å²) >= 11 is 11.7. The van der Waals surface area contributed by atoms with Crippen LogP contribution < -0.4 is 16.8 Å². The van der Waals surface area contributed by atoms with Gasteiger partial charge < -0.3 is 16.8 Å². The number of benzene rings is 2. The van der Waals surface area contributed by atoms with E-state index >= 15 is 0 Å². The largest absolute Gasteiger partial charge is 0.398 e. The summed E-state index contributed by atoms with van der Waals surface area (Å²) in [6.45, 7) is 0. The fraction of sp³-hybridized carbons (Fsp3) is 0. The Hall–Kier alpha value is -2.24. The summed E-state index contributed by atoms with van der Waals surface area (Å²) in [7, 11) is 0. The molecule has 2 aromatic carbocycles. The number of carbonyl (C=O) groups is 2. The highest BCUT2D eigenvalue weighted by atomic mass is 35.5. The number of amides is 2. The molecule has 0 saturated heterocycles. The van der Waals surface area contributed by atoms with Crippen molar-refractivity contribution in [3.8, 4) is 0 Å². The molecule has 0 atom stereocenters. The summed E-state index contributed by atoms with van der Waals surface area (Å²) in [6.07, 6.45) is 0. The highest BCUT2D eigenvalue weighted by Gasteiger charge is 2.12. The molecule has 7 heteroatoms. The van der Waals surface area contributed by atoms with Crippen LogP contribution in [0.25, 0.3) is 0 Å². The van der Waals surface area contributed by atoms with Crippen LogP contribution in [-0.2, 0) is 0 Å². The molecule has 0 aliphatic heterocycles. The van der Waals surface area contributed by atoms with Crippen LogP contribution in [-0.4, -0.2) is 11.8 Å². The number of primary amides is 1. The molecule has 0 fully saturated rings. The molecule has 0 heterocycles. The van der Waals surface area contributed by atoms with Crippen LogP contribution in [0.3, 0.4) is 0 Å². The molecule has 0 aromatic heterocycles. The molecule has 0 radical (unpaired) electrons. The number of nitrogen functional groups attached to an aromatic ring is 1. The highest BCUT2D eigenvalue weighted by molar-refractivity contribution is 6.34. The third-order valence-corrected chi connectivity index (χ3v) is 3.30. The first-order chi connectivity index (χ1) is 9.88.